The summed E-state index contributed by atoms with van der Waals surface area (Å²) in [5.74, 6) is -2.63. The summed E-state index contributed by atoms with van der Waals surface area (Å²) in [5, 5.41) is 64.3. The van der Waals surface area contributed by atoms with E-state index in [0.717, 1.165) is 0 Å². The fourth-order valence-corrected chi connectivity index (χ4v) is 8.30. The van der Waals surface area contributed by atoms with Crippen molar-refractivity contribution in [2.24, 2.45) is 17.8 Å². The second kappa shape index (κ2) is 17.2. The number of hydrogen-bond acceptors (Lipinski definition) is 14. The Morgan fingerprint density at radius 2 is 1.59 bits per heavy atom. The Balaban J connectivity index is 2.15. The number of hydrogen-bond donors (Lipinski definition) is 7. The van der Waals surface area contributed by atoms with Crippen LogP contribution in [0.25, 0.3) is 0 Å². The molecule has 0 saturated carbocycles. The Morgan fingerprint density at radius 1 is 0.961 bits per heavy atom. The van der Waals surface area contributed by atoms with Crippen LogP contribution >= 0.6 is 0 Å². The fourth-order valence-electron chi connectivity index (χ4n) is 8.30. The van der Waals surface area contributed by atoms with Crippen molar-refractivity contribution in [3.05, 3.63) is 0 Å². The number of carbonyl (C=O) groups excluding carboxylic acids is 1. The van der Waals surface area contributed by atoms with Gasteiger partial charge < -0.3 is 64.6 Å². The highest BCUT2D eigenvalue weighted by Crippen LogP contribution is 2.43. The molecule has 0 spiro atoms. The SMILES string of the molecule is CC[C@H]1OC(=O)[C@H](C)[C@@H](O[C@H]2C[C@@](C)(OC)[C@@](C)(O)[C@H](C)O2)[C@H](C)[C@@H](O[C@@H]2O[C@H](C)CC(NC)[C@H]2O)[C@](C)(O)C[C@@H](C)CN[C@H](C)[C@@H](O)[C@]1(C)O. The Labute approximate surface area is 305 Å². The van der Waals surface area contributed by atoms with Crippen LogP contribution in [0, 0.1) is 17.8 Å². The molecule has 0 aromatic rings. The molecule has 14 nitrogen and oxygen atoms in total. The molecule has 0 aromatic carbocycles. The lowest BCUT2D eigenvalue weighted by Crippen LogP contribution is -2.65. The summed E-state index contributed by atoms with van der Waals surface area (Å²) in [5.41, 5.74) is -5.81. The van der Waals surface area contributed by atoms with Crippen LogP contribution in [0.4, 0.5) is 0 Å². The molecular weight excluding hydrogens is 664 g/mol. The first kappa shape index (κ1) is 44.4. The highest BCUT2D eigenvalue weighted by atomic mass is 16.7. The van der Waals surface area contributed by atoms with Gasteiger partial charge in [0.15, 0.2) is 12.6 Å². The third-order valence-corrected chi connectivity index (χ3v) is 12.2. The van der Waals surface area contributed by atoms with Crippen LogP contribution in [-0.2, 0) is 33.2 Å². The van der Waals surface area contributed by atoms with Gasteiger partial charge in [-0.05, 0) is 94.2 Å². The molecule has 0 amide bonds. The number of nitrogens with one attached hydrogen (secondary N) is 2. The average Bonchev–Trinajstić information content (AvgIpc) is 3.05. The van der Waals surface area contributed by atoms with Crippen molar-refractivity contribution >= 4 is 5.97 Å². The first-order valence-electron chi connectivity index (χ1n) is 18.8. The maximum atomic E-state index is 14.1. The van der Waals surface area contributed by atoms with E-state index in [0.29, 0.717) is 13.0 Å². The summed E-state index contributed by atoms with van der Waals surface area (Å²) in [6.45, 7) is 19.4. The Hall–Kier alpha value is -1.01. The average molecular weight is 735 g/mol. The molecule has 3 rings (SSSR count). The molecule has 300 valence electrons. The van der Waals surface area contributed by atoms with Gasteiger partial charge in [0.05, 0.1) is 35.9 Å². The van der Waals surface area contributed by atoms with Crippen molar-refractivity contribution in [1.82, 2.24) is 10.6 Å². The number of cyclic esters (lactones) is 1. The van der Waals surface area contributed by atoms with Crippen LogP contribution in [0.3, 0.4) is 0 Å². The highest BCUT2D eigenvalue weighted by molar-refractivity contribution is 5.73. The first-order chi connectivity index (χ1) is 23.5. The molecule has 1 unspecified atom stereocenters. The zero-order chi connectivity index (χ0) is 38.9. The van der Waals surface area contributed by atoms with E-state index < -0.39 is 95.5 Å². The molecule has 51 heavy (non-hydrogen) atoms. The van der Waals surface area contributed by atoms with Crippen LogP contribution in [0.1, 0.15) is 102 Å². The number of ether oxygens (including phenoxy) is 6. The van der Waals surface area contributed by atoms with E-state index in [9.17, 15) is 30.3 Å². The highest BCUT2D eigenvalue weighted by Gasteiger charge is 2.56. The largest absolute Gasteiger partial charge is 0.459 e. The summed E-state index contributed by atoms with van der Waals surface area (Å²) in [7, 11) is 3.27. The zero-order valence-corrected chi connectivity index (χ0v) is 33.2. The topological polar surface area (TPSA) is 198 Å². The van der Waals surface area contributed by atoms with Gasteiger partial charge >= 0.3 is 5.97 Å². The van der Waals surface area contributed by atoms with E-state index in [-0.39, 0.29) is 37.3 Å². The van der Waals surface area contributed by atoms with Gasteiger partial charge in [0.25, 0.3) is 0 Å². The molecule has 3 aliphatic heterocycles. The van der Waals surface area contributed by atoms with Crippen molar-refractivity contribution < 1.29 is 58.7 Å². The van der Waals surface area contributed by atoms with Crippen molar-refractivity contribution in [2.75, 3.05) is 20.7 Å². The van der Waals surface area contributed by atoms with Crippen molar-refractivity contribution in [3.63, 3.8) is 0 Å². The molecule has 3 fully saturated rings. The van der Waals surface area contributed by atoms with Crippen LogP contribution in [0.2, 0.25) is 0 Å². The van der Waals surface area contributed by atoms with Gasteiger partial charge in [-0.2, -0.15) is 0 Å². The minimum Gasteiger partial charge on any atom is -0.459 e. The first-order valence-corrected chi connectivity index (χ1v) is 18.8. The van der Waals surface area contributed by atoms with Gasteiger partial charge in [0.1, 0.15) is 35.1 Å². The van der Waals surface area contributed by atoms with Crippen LogP contribution in [-0.4, -0.2) is 142 Å². The van der Waals surface area contributed by atoms with Crippen LogP contribution in [0.5, 0.6) is 0 Å². The zero-order valence-electron chi connectivity index (χ0n) is 33.2. The molecule has 0 radical (unpaired) electrons. The number of esters is 1. The third kappa shape index (κ3) is 9.63. The number of aliphatic hydroxyl groups excluding tert-OH is 2. The summed E-state index contributed by atoms with van der Waals surface area (Å²) < 4.78 is 37.5. The molecule has 0 bridgehead atoms. The standard InChI is InChI=1S/C37H70N2O12/c1-14-26-36(10,44)30(41)23(6)39-18-19(2)16-34(8,43)31(51-33-28(40)25(38-12)15-20(3)47-33)21(4)29(22(5)32(42)49-26)50-27-17-35(9,46-13)37(11,45)24(7)48-27/h19-31,33,38-41,43-45H,14-18H2,1-13H3/t19-,20-,21+,22-,23-,24+,25?,26-,27+,28-,29+,30-,31-,33+,34-,35-,36-,37+/m1/s1. The molecule has 3 heterocycles. The van der Waals surface area contributed by atoms with E-state index in [2.05, 4.69) is 10.6 Å². The van der Waals surface area contributed by atoms with E-state index in [1.54, 1.807) is 62.4 Å². The van der Waals surface area contributed by atoms with Gasteiger partial charge in [0, 0.05) is 31.5 Å². The summed E-state index contributed by atoms with van der Waals surface area (Å²) in [4.78, 5) is 14.1. The number of rotatable bonds is 7. The normalized spacial score (nSPS) is 51.3. The van der Waals surface area contributed by atoms with E-state index in [4.69, 9.17) is 28.4 Å². The second-order valence-corrected chi connectivity index (χ2v) is 16.6. The van der Waals surface area contributed by atoms with Crippen molar-refractivity contribution in [1.29, 1.82) is 0 Å². The quantitative estimate of drug-likeness (QED) is 0.186. The minimum atomic E-state index is -1.80. The van der Waals surface area contributed by atoms with Gasteiger partial charge in [-0.15, -0.1) is 0 Å². The number of carbonyl (C=O) groups is 1. The Kier molecular flexibility index (Phi) is 15.0. The van der Waals surface area contributed by atoms with Gasteiger partial charge in [-0.25, -0.2) is 0 Å². The van der Waals surface area contributed by atoms with Crippen LogP contribution < -0.4 is 10.6 Å². The molecular formula is C37H70N2O12. The van der Waals surface area contributed by atoms with Crippen LogP contribution in [0.15, 0.2) is 0 Å². The smallest absolute Gasteiger partial charge is 0.311 e. The van der Waals surface area contributed by atoms with E-state index >= 15 is 0 Å². The number of methoxy groups -OCH3 is 1. The monoisotopic (exact) mass is 734 g/mol. The Morgan fingerprint density at radius 3 is 2.16 bits per heavy atom. The number of likely N-dealkylation sites (N-methyl/N-ethyl adjacent to an activating group) is 1. The van der Waals surface area contributed by atoms with Gasteiger partial charge in [-0.3, -0.25) is 4.79 Å². The van der Waals surface area contributed by atoms with Crippen molar-refractivity contribution in [2.45, 2.75) is 192 Å². The maximum Gasteiger partial charge on any atom is 0.311 e. The molecule has 18 atom stereocenters. The fraction of sp³-hybridized carbons (Fsp3) is 0.973. The lowest BCUT2D eigenvalue weighted by atomic mass is 9.76. The maximum absolute atomic E-state index is 14.1. The van der Waals surface area contributed by atoms with Crippen molar-refractivity contribution in [3.8, 4) is 0 Å². The summed E-state index contributed by atoms with van der Waals surface area (Å²) in [6, 6.07) is -0.915. The summed E-state index contributed by atoms with van der Waals surface area (Å²) in [6.07, 6.45) is -7.46. The molecule has 14 heteroatoms. The molecule has 0 aromatic heterocycles. The second-order valence-electron chi connectivity index (χ2n) is 16.6. The molecule has 3 aliphatic rings. The molecule has 0 aliphatic carbocycles. The third-order valence-electron chi connectivity index (χ3n) is 12.2. The van der Waals surface area contributed by atoms with E-state index in [1.165, 1.54) is 14.0 Å². The Bertz CT molecular complexity index is 1130. The predicted molar refractivity (Wildman–Crippen MR) is 190 cm³/mol. The molecule has 3 saturated heterocycles. The lowest BCUT2D eigenvalue weighted by Gasteiger charge is -2.52. The minimum absolute atomic E-state index is 0.110. The summed E-state index contributed by atoms with van der Waals surface area (Å²) >= 11 is 0. The van der Waals surface area contributed by atoms with Gasteiger partial charge in [-0.1, -0.05) is 20.8 Å². The number of aliphatic hydroxyl groups is 5. The predicted octanol–water partition coefficient (Wildman–Crippen LogP) is 1.61. The lowest BCUT2D eigenvalue weighted by molar-refractivity contribution is -0.333. The van der Waals surface area contributed by atoms with Gasteiger partial charge in [0.2, 0.25) is 0 Å². The molecule has 7 N–H and O–H groups in total. The van der Waals surface area contributed by atoms with E-state index in [1.807, 2.05) is 13.8 Å².